The van der Waals surface area contributed by atoms with E-state index in [9.17, 15) is 24.5 Å². The molecule has 1 aliphatic heterocycles. The van der Waals surface area contributed by atoms with Crippen LogP contribution in [0.25, 0.3) is 0 Å². The molecule has 0 unspecified atom stereocenters. The lowest BCUT2D eigenvalue weighted by atomic mass is 10.1. The fourth-order valence-electron chi connectivity index (χ4n) is 2.41. The number of benzene rings is 1. The molecule has 3 rings (SSSR count). The van der Waals surface area contributed by atoms with E-state index >= 15 is 0 Å². The Labute approximate surface area is 145 Å². The Morgan fingerprint density at radius 1 is 1.27 bits per heavy atom. The first-order valence-electron chi connectivity index (χ1n) is 7.30. The van der Waals surface area contributed by atoms with Crippen molar-refractivity contribution in [3.05, 3.63) is 62.1 Å². The normalized spacial score (nSPS) is 11.9. The molecule has 0 amide bonds. The van der Waals surface area contributed by atoms with Gasteiger partial charge in [-0.2, -0.15) is 0 Å². The van der Waals surface area contributed by atoms with Crippen LogP contribution in [-0.4, -0.2) is 35.1 Å². The van der Waals surface area contributed by atoms with Gasteiger partial charge in [-0.1, -0.05) is 0 Å². The Hall–Kier alpha value is -3.69. The molecule has 0 radical (unpaired) electrons. The smallest absolute Gasteiger partial charge is 0.343 e. The lowest BCUT2D eigenvalue weighted by molar-refractivity contribution is -0.385. The predicted octanol–water partition coefficient (Wildman–Crippen LogP) is 1.15. The van der Waals surface area contributed by atoms with Crippen LogP contribution in [0.5, 0.6) is 11.5 Å². The van der Waals surface area contributed by atoms with Crippen molar-refractivity contribution in [2.24, 2.45) is 0 Å². The minimum Gasteiger partial charge on any atom is -0.465 e. The number of Topliss-reactive ketones (excluding diaryl/α,β-unsaturated/α-hetero) is 1. The van der Waals surface area contributed by atoms with Gasteiger partial charge in [0.25, 0.3) is 11.2 Å². The number of rotatable bonds is 5. The summed E-state index contributed by atoms with van der Waals surface area (Å²) in [4.78, 5) is 46.7. The molecular weight excluding hydrogens is 348 g/mol. The molecule has 1 aromatic heterocycles. The Kier molecular flexibility index (Phi) is 4.40. The molecule has 1 aliphatic rings. The zero-order valence-electron chi connectivity index (χ0n) is 13.5. The fourth-order valence-corrected chi connectivity index (χ4v) is 2.41. The highest BCUT2D eigenvalue weighted by Gasteiger charge is 2.22. The van der Waals surface area contributed by atoms with Crippen LogP contribution in [0.1, 0.15) is 20.7 Å². The van der Waals surface area contributed by atoms with Crippen LogP contribution in [0, 0.1) is 10.1 Å². The molecule has 0 fully saturated rings. The second-order valence-electron chi connectivity index (χ2n) is 5.28. The van der Waals surface area contributed by atoms with Crippen molar-refractivity contribution in [2.75, 3.05) is 13.9 Å². The summed E-state index contributed by atoms with van der Waals surface area (Å²) in [6.07, 6.45) is 0.902. The predicted molar refractivity (Wildman–Crippen MR) is 85.6 cm³/mol. The van der Waals surface area contributed by atoms with Crippen molar-refractivity contribution in [1.29, 1.82) is 0 Å². The maximum Gasteiger partial charge on any atom is 0.343 e. The minimum atomic E-state index is -1.03. The van der Waals surface area contributed by atoms with Gasteiger partial charge >= 0.3 is 5.97 Å². The molecule has 0 aliphatic carbocycles. The second-order valence-corrected chi connectivity index (χ2v) is 5.28. The summed E-state index contributed by atoms with van der Waals surface area (Å²) in [5.41, 5.74) is -1.67. The first-order valence-corrected chi connectivity index (χ1v) is 7.30. The summed E-state index contributed by atoms with van der Waals surface area (Å²) in [6, 6.07) is 5.30. The van der Waals surface area contributed by atoms with Crippen molar-refractivity contribution >= 4 is 17.4 Å². The number of carbonyl (C=O) groups is 2. The van der Waals surface area contributed by atoms with Gasteiger partial charge in [0.2, 0.25) is 6.79 Å². The summed E-state index contributed by atoms with van der Waals surface area (Å²) in [7, 11) is 1.04. The standard InChI is InChI=1S/C16H12N2O8/c1-24-16(21)11-5-10(18(22)23)6-17(15(11)20)7-12(19)9-2-3-13-14(4-9)26-8-25-13/h2-6H,7-8H2,1H3. The zero-order valence-corrected chi connectivity index (χ0v) is 13.5. The average Bonchev–Trinajstić information content (AvgIpc) is 3.10. The van der Waals surface area contributed by atoms with Gasteiger partial charge in [0.1, 0.15) is 5.56 Å². The number of esters is 1. The van der Waals surface area contributed by atoms with E-state index in [0.29, 0.717) is 11.5 Å². The van der Waals surface area contributed by atoms with Crippen molar-refractivity contribution in [3.8, 4) is 11.5 Å². The second kappa shape index (κ2) is 6.67. The lowest BCUT2D eigenvalue weighted by Crippen LogP contribution is -2.29. The van der Waals surface area contributed by atoms with Crippen LogP contribution in [0.15, 0.2) is 35.3 Å². The third kappa shape index (κ3) is 3.11. The zero-order chi connectivity index (χ0) is 18.8. The molecule has 1 aromatic carbocycles. The van der Waals surface area contributed by atoms with Gasteiger partial charge in [-0.25, -0.2) is 4.79 Å². The number of nitro groups is 1. The number of pyridine rings is 1. The summed E-state index contributed by atoms with van der Waals surface area (Å²) in [6.45, 7) is -0.454. The van der Waals surface area contributed by atoms with Crippen LogP contribution in [-0.2, 0) is 11.3 Å². The Morgan fingerprint density at radius 2 is 2.00 bits per heavy atom. The van der Waals surface area contributed by atoms with E-state index < -0.39 is 40.0 Å². The molecule has 0 N–H and O–H groups in total. The van der Waals surface area contributed by atoms with E-state index in [1.165, 1.54) is 12.1 Å². The number of nitrogens with zero attached hydrogens (tertiary/aromatic N) is 2. The third-order valence-electron chi connectivity index (χ3n) is 3.70. The first kappa shape index (κ1) is 17.1. The number of aromatic nitrogens is 1. The minimum absolute atomic E-state index is 0.0415. The number of ether oxygens (including phenoxy) is 3. The largest absolute Gasteiger partial charge is 0.465 e. The molecule has 0 bridgehead atoms. The highest BCUT2D eigenvalue weighted by atomic mass is 16.7. The molecule has 0 atom stereocenters. The van der Waals surface area contributed by atoms with Gasteiger partial charge in [-0.15, -0.1) is 0 Å². The Balaban J connectivity index is 1.97. The lowest BCUT2D eigenvalue weighted by Gasteiger charge is -2.08. The van der Waals surface area contributed by atoms with Gasteiger partial charge in [-0.05, 0) is 18.2 Å². The van der Waals surface area contributed by atoms with Crippen molar-refractivity contribution < 1.29 is 28.7 Å². The van der Waals surface area contributed by atoms with Crippen molar-refractivity contribution in [1.82, 2.24) is 4.57 Å². The summed E-state index contributed by atoms with van der Waals surface area (Å²) in [5.74, 6) is -0.649. The van der Waals surface area contributed by atoms with Crippen LogP contribution in [0.4, 0.5) is 5.69 Å². The molecule has 10 nitrogen and oxygen atoms in total. The van der Waals surface area contributed by atoms with E-state index in [-0.39, 0.29) is 12.4 Å². The maximum atomic E-state index is 12.5. The molecule has 0 saturated heterocycles. The van der Waals surface area contributed by atoms with E-state index in [2.05, 4.69) is 4.74 Å². The number of carbonyl (C=O) groups excluding carboxylic acids is 2. The molecule has 26 heavy (non-hydrogen) atoms. The molecule has 2 heterocycles. The van der Waals surface area contributed by atoms with Crippen LogP contribution >= 0.6 is 0 Å². The van der Waals surface area contributed by atoms with E-state index in [4.69, 9.17) is 9.47 Å². The van der Waals surface area contributed by atoms with Gasteiger partial charge in [-0.3, -0.25) is 19.7 Å². The summed E-state index contributed by atoms with van der Waals surface area (Å²) in [5, 5.41) is 11.0. The first-order chi connectivity index (χ1) is 12.4. The van der Waals surface area contributed by atoms with Gasteiger partial charge < -0.3 is 18.8 Å². The SMILES string of the molecule is COC(=O)c1cc([N+](=O)[O-])cn(CC(=O)c2ccc3c(c2)OCO3)c1=O. The summed E-state index contributed by atoms with van der Waals surface area (Å²) >= 11 is 0. The van der Waals surface area contributed by atoms with Gasteiger partial charge in [0.05, 0.1) is 24.8 Å². The number of fused-ring (bicyclic) bond motifs is 1. The quantitative estimate of drug-likeness (QED) is 0.336. The van der Waals surface area contributed by atoms with E-state index in [1.54, 1.807) is 6.07 Å². The van der Waals surface area contributed by atoms with E-state index in [1.807, 2.05) is 0 Å². The number of methoxy groups -OCH3 is 1. The Bertz CT molecular complexity index is 979. The number of ketones is 1. The summed E-state index contributed by atoms with van der Waals surface area (Å²) < 4.78 is 15.6. The van der Waals surface area contributed by atoms with Crippen LogP contribution in [0.3, 0.4) is 0 Å². The average molecular weight is 360 g/mol. The topological polar surface area (TPSA) is 127 Å². The molecule has 0 spiro atoms. The monoisotopic (exact) mass is 360 g/mol. The van der Waals surface area contributed by atoms with Crippen molar-refractivity contribution in [3.63, 3.8) is 0 Å². The van der Waals surface area contributed by atoms with Crippen LogP contribution in [0.2, 0.25) is 0 Å². The number of hydrogen-bond donors (Lipinski definition) is 0. The third-order valence-corrected chi connectivity index (χ3v) is 3.70. The highest BCUT2D eigenvalue weighted by Crippen LogP contribution is 2.32. The fraction of sp³-hybridized carbons (Fsp3) is 0.188. The maximum absolute atomic E-state index is 12.5. The molecule has 10 heteroatoms. The molecular formula is C16H12N2O8. The van der Waals surface area contributed by atoms with Gasteiger partial charge in [0.15, 0.2) is 17.3 Å². The molecule has 134 valence electrons. The Morgan fingerprint density at radius 3 is 2.69 bits per heavy atom. The van der Waals surface area contributed by atoms with E-state index in [0.717, 1.165) is 23.9 Å². The molecule has 0 saturated carbocycles. The van der Waals surface area contributed by atoms with Gasteiger partial charge in [0, 0.05) is 11.6 Å². The molecule has 2 aromatic rings. The van der Waals surface area contributed by atoms with Crippen LogP contribution < -0.4 is 15.0 Å². The highest BCUT2D eigenvalue weighted by molar-refractivity contribution is 5.97. The van der Waals surface area contributed by atoms with Crippen molar-refractivity contribution in [2.45, 2.75) is 6.54 Å². The number of hydrogen-bond acceptors (Lipinski definition) is 8.